The second-order valence-electron chi connectivity index (χ2n) is 3.24. The highest BCUT2D eigenvalue weighted by Gasteiger charge is 2.08. The van der Waals surface area contributed by atoms with Gasteiger partial charge in [-0.25, -0.2) is 0 Å². The van der Waals surface area contributed by atoms with Gasteiger partial charge in [-0.1, -0.05) is 18.3 Å². The maximum Gasteiger partial charge on any atom is 0.129 e. The summed E-state index contributed by atoms with van der Waals surface area (Å²) >= 11 is 5.17. The van der Waals surface area contributed by atoms with Crippen LogP contribution >= 0.6 is 12.2 Å². The molecule has 0 atom stereocenters. The van der Waals surface area contributed by atoms with Gasteiger partial charge in [-0.2, -0.15) is 0 Å². The van der Waals surface area contributed by atoms with Crippen LogP contribution in [0.1, 0.15) is 31.4 Å². The van der Waals surface area contributed by atoms with Gasteiger partial charge in [0.1, 0.15) is 10.3 Å². The average Bonchev–Trinajstić information content (AvgIpc) is 2.20. The molecule has 1 aromatic rings. The van der Waals surface area contributed by atoms with Gasteiger partial charge in [0, 0.05) is 12.4 Å². The van der Waals surface area contributed by atoms with Gasteiger partial charge in [0.2, 0.25) is 0 Å². The molecule has 0 aliphatic heterocycles. The van der Waals surface area contributed by atoms with Crippen LogP contribution in [0, 0.1) is 4.64 Å². The van der Waals surface area contributed by atoms with Crippen molar-refractivity contribution < 1.29 is 0 Å². The summed E-state index contributed by atoms with van der Waals surface area (Å²) < 4.78 is 0.760. The van der Waals surface area contributed by atoms with Crippen molar-refractivity contribution in [3.05, 3.63) is 28.8 Å². The lowest BCUT2D eigenvalue weighted by Crippen LogP contribution is -1.96. The molecule has 2 rings (SSSR count). The van der Waals surface area contributed by atoms with Crippen LogP contribution in [0.5, 0.6) is 0 Å². The SMILES string of the molecule is S=c1[nH]ccnc1C1=CCCCC1. The molecule has 1 N–H and O–H groups in total. The molecular formula is C10H12N2S. The van der Waals surface area contributed by atoms with Gasteiger partial charge in [-0.05, 0) is 31.3 Å². The van der Waals surface area contributed by atoms with Gasteiger partial charge in [0.05, 0.1) is 0 Å². The molecule has 13 heavy (non-hydrogen) atoms. The predicted molar refractivity (Wildman–Crippen MR) is 55.9 cm³/mol. The van der Waals surface area contributed by atoms with E-state index in [1.54, 1.807) is 12.4 Å². The standard InChI is InChI=1S/C10H12N2S/c13-10-9(11-6-7-12-10)8-4-2-1-3-5-8/h4,6-7H,1-3,5H2,(H,12,13). The van der Waals surface area contributed by atoms with E-state index in [4.69, 9.17) is 12.2 Å². The van der Waals surface area contributed by atoms with Crippen molar-refractivity contribution >= 4 is 17.8 Å². The number of H-pyrrole nitrogens is 1. The number of rotatable bonds is 1. The third kappa shape index (κ3) is 1.86. The van der Waals surface area contributed by atoms with Crippen molar-refractivity contribution in [2.24, 2.45) is 0 Å². The Kier molecular flexibility index (Phi) is 2.54. The molecule has 0 saturated heterocycles. The first-order valence-electron chi connectivity index (χ1n) is 4.61. The fraction of sp³-hybridized carbons (Fsp3) is 0.400. The topological polar surface area (TPSA) is 28.7 Å². The van der Waals surface area contributed by atoms with Crippen LogP contribution in [0.4, 0.5) is 0 Å². The number of aromatic amines is 1. The van der Waals surface area contributed by atoms with E-state index >= 15 is 0 Å². The summed E-state index contributed by atoms with van der Waals surface area (Å²) in [6.07, 6.45) is 10.6. The molecule has 1 aromatic heterocycles. The predicted octanol–water partition coefficient (Wildman–Crippen LogP) is 3.10. The molecule has 0 saturated carbocycles. The third-order valence-corrected chi connectivity index (χ3v) is 2.61. The molecule has 1 aliphatic carbocycles. The van der Waals surface area contributed by atoms with Gasteiger partial charge in [0.25, 0.3) is 0 Å². The number of nitrogens with one attached hydrogen (secondary N) is 1. The molecule has 68 valence electrons. The molecule has 0 amide bonds. The molecule has 0 spiro atoms. The zero-order chi connectivity index (χ0) is 9.10. The molecule has 0 radical (unpaired) electrons. The van der Waals surface area contributed by atoms with Crippen molar-refractivity contribution in [2.75, 3.05) is 0 Å². The largest absolute Gasteiger partial charge is 0.350 e. The molecule has 0 fully saturated rings. The Bertz CT molecular complexity index is 379. The van der Waals surface area contributed by atoms with Gasteiger partial charge in [0.15, 0.2) is 0 Å². The molecule has 1 aliphatic rings. The minimum Gasteiger partial charge on any atom is -0.350 e. The zero-order valence-corrected chi connectivity index (χ0v) is 8.23. The summed E-state index contributed by atoms with van der Waals surface area (Å²) in [7, 11) is 0. The molecule has 2 nitrogen and oxygen atoms in total. The highest BCUT2D eigenvalue weighted by Crippen LogP contribution is 2.25. The fourth-order valence-electron chi connectivity index (χ4n) is 1.63. The monoisotopic (exact) mass is 192 g/mol. The Hall–Kier alpha value is -0.960. The first-order chi connectivity index (χ1) is 6.38. The van der Waals surface area contributed by atoms with Crippen LogP contribution in [0.25, 0.3) is 5.57 Å². The van der Waals surface area contributed by atoms with Crippen LogP contribution in [0.3, 0.4) is 0 Å². The van der Waals surface area contributed by atoms with Gasteiger partial charge in [-0.15, -0.1) is 0 Å². The highest BCUT2D eigenvalue weighted by atomic mass is 32.1. The minimum absolute atomic E-state index is 0.760. The molecule has 0 bridgehead atoms. The van der Waals surface area contributed by atoms with Crippen molar-refractivity contribution in [1.82, 2.24) is 9.97 Å². The number of nitrogens with zero attached hydrogens (tertiary/aromatic N) is 1. The molecule has 0 unspecified atom stereocenters. The van der Waals surface area contributed by atoms with Crippen molar-refractivity contribution in [3.63, 3.8) is 0 Å². The first kappa shape index (κ1) is 8.63. The van der Waals surface area contributed by atoms with Crippen molar-refractivity contribution in [2.45, 2.75) is 25.7 Å². The van der Waals surface area contributed by atoms with Gasteiger partial charge in [-0.3, -0.25) is 4.98 Å². The van der Waals surface area contributed by atoms with Gasteiger partial charge < -0.3 is 4.98 Å². The van der Waals surface area contributed by atoms with Crippen LogP contribution < -0.4 is 0 Å². The Morgan fingerprint density at radius 2 is 2.31 bits per heavy atom. The summed E-state index contributed by atoms with van der Waals surface area (Å²) in [6, 6.07) is 0. The van der Waals surface area contributed by atoms with Crippen LogP contribution in [0.2, 0.25) is 0 Å². The van der Waals surface area contributed by atoms with E-state index in [1.807, 2.05) is 0 Å². The number of allylic oxidation sites excluding steroid dienone is 2. The van der Waals surface area contributed by atoms with E-state index in [-0.39, 0.29) is 0 Å². The lowest BCUT2D eigenvalue weighted by Gasteiger charge is -2.11. The average molecular weight is 192 g/mol. The van der Waals surface area contributed by atoms with Gasteiger partial charge >= 0.3 is 0 Å². The lowest BCUT2D eigenvalue weighted by molar-refractivity contribution is 0.739. The minimum atomic E-state index is 0.760. The van der Waals surface area contributed by atoms with E-state index in [1.165, 1.54) is 24.8 Å². The summed E-state index contributed by atoms with van der Waals surface area (Å²) in [4.78, 5) is 7.31. The lowest BCUT2D eigenvalue weighted by atomic mass is 9.97. The Morgan fingerprint density at radius 1 is 1.38 bits per heavy atom. The Labute approximate surface area is 82.7 Å². The Morgan fingerprint density at radius 3 is 3.00 bits per heavy atom. The summed E-state index contributed by atoms with van der Waals surface area (Å²) in [5.41, 5.74) is 2.28. The van der Waals surface area contributed by atoms with Crippen molar-refractivity contribution in [1.29, 1.82) is 0 Å². The van der Waals surface area contributed by atoms with E-state index in [2.05, 4.69) is 16.0 Å². The maximum atomic E-state index is 5.17. The van der Waals surface area contributed by atoms with E-state index < -0.39 is 0 Å². The van der Waals surface area contributed by atoms with E-state index in [0.717, 1.165) is 16.8 Å². The molecule has 0 aromatic carbocycles. The van der Waals surface area contributed by atoms with Crippen LogP contribution in [0.15, 0.2) is 18.5 Å². The Balaban J connectivity index is 2.40. The molecule has 1 heterocycles. The number of hydrogen-bond acceptors (Lipinski definition) is 2. The number of aromatic nitrogens is 2. The normalized spacial score (nSPS) is 16.8. The quantitative estimate of drug-likeness (QED) is 0.693. The zero-order valence-electron chi connectivity index (χ0n) is 7.42. The summed E-state index contributed by atoms with van der Waals surface area (Å²) in [5, 5.41) is 0. The van der Waals surface area contributed by atoms with E-state index in [9.17, 15) is 0 Å². The summed E-state index contributed by atoms with van der Waals surface area (Å²) in [6.45, 7) is 0. The first-order valence-corrected chi connectivity index (χ1v) is 5.02. The van der Waals surface area contributed by atoms with E-state index in [0.29, 0.717) is 0 Å². The second kappa shape index (κ2) is 3.83. The highest BCUT2D eigenvalue weighted by molar-refractivity contribution is 7.71. The molecule has 3 heteroatoms. The summed E-state index contributed by atoms with van der Waals surface area (Å²) in [5.74, 6) is 0. The second-order valence-corrected chi connectivity index (χ2v) is 3.65. The molecular weight excluding hydrogens is 180 g/mol. The third-order valence-electron chi connectivity index (χ3n) is 2.30. The smallest absolute Gasteiger partial charge is 0.129 e. The van der Waals surface area contributed by atoms with Crippen LogP contribution in [-0.2, 0) is 0 Å². The fourth-order valence-corrected chi connectivity index (χ4v) is 1.89. The number of hydrogen-bond donors (Lipinski definition) is 1. The maximum absolute atomic E-state index is 5.17. The van der Waals surface area contributed by atoms with Crippen LogP contribution in [-0.4, -0.2) is 9.97 Å². The van der Waals surface area contributed by atoms with Crippen molar-refractivity contribution in [3.8, 4) is 0 Å².